The topological polar surface area (TPSA) is 58.2 Å². The molecule has 1 atom stereocenters. The fraction of sp³-hybridized carbons (Fsp3) is 0.222. The molecule has 2 aromatic carbocycles. The summed E-state index contributed by atoms with van der Waals surface area (Å²) in [5.41, 5.74) is 0.628. The Hall–Kier alpha value is -2.12. The van der Waals surface area contributed by atoms with Crippen molar-refractivity contribution < 1.29 is 18.4 Å². The zero-order chi connectivity index (χ0) is 18.7. The average Bonchev–Trinajstić information content (AvgIpc) is 2.60. The van der Waals surface area contributed by atoms with Gasteiger partial charge in [0, 0.05) is 21.7 Å². The van der Waals surface area contributed by atoms with Crippen molar-refractivity contribution in [3.05, 3.63) is 64.2 Å². The summed E-state index contributed by atoms with van der Waals surface area (Å²) >= 11 is 7.73. The molecule has 3 rings (SSSR count). The number of carbonyl (C=O) groups is 2. The third-order valence-corrected chi connectivity index (χ3v) is 5.29. The number of benzene rings is 2. The van der Waals surface area contributed by atoms with Gasteiger partial charge in [-0.1, -0.05) is 11.6 Å². The van der Waals surface area contributed by atoms with Gasteiger partial charge in [0.1, 0.15) is 11.6 Å². The highest BCUT2D eigenvalue weighted by Gasteiger charge is 2.23. The zero-order valence-corrected chi connectivity index (χ0v) is 15.1. The number of rotatable bonds is 4. The van der Waals surface area contributed by atoms with Crippen LogP contribution < -0.4 is 10.6 Å². The van der Waals surface area contributed by atoms with E-state index in [2.05, 4.69) is 10.6 Å². The van der Waals surface area contributed by atoms with E-state index in [-0.39, 0.29) is 18.2 Å². The smallest absolute Gasteiger partial charge is 0.254 e. The largest absolute Gasteiger partial charge is 0.348 e. The normalized spacial score (nSPS) is 15.9. The van der Waals surface area contributed by atoms with E-state index in [4.69, 9.17) is 11.6 Å². The summed E-state index contributed by atoms with van der Waals surface area (Å²) in [5.74, 6) is -2.07. The van der Waals surface area contributed by atoms with Crippen LogP contribution in [-0.2, 0) is 4.79 Å². The molecule has 4 nitrogen and oxygen atoms in total. The van der Waals surface area contributed by atoms with Crippen LogP contribution in [0.3, 0.4) is 0 Å². The van der Waals surface area contributed by atoms with Gasteiger partial charge in [0.15, 0.2) is 0 Å². The van der Waals surface area contributed by atoms with Gasteiger partial charge in [0.05, 0.1) is 18.2 Å². The minimum absolute atomic E-state index is 0.197. The molecule has 0 aromatic heterocycles. The van der Waals surface area contributed by atoms with E-state index in [1.165, 1.54) is 0 Å². The lowest BCUT2D eigenvalue weighted by Gasteiger charge is -2.26. The molecule has 136 valence electrons. The van der Waals surface area contributed by atoms with Crippen molar-refractivity contribution in [3.63, 3.8) is 0 Å². The molecule has 0 unspecified atom stereocenters. The summed E-state index contributed by atoms with van der Waals surface area (Å²) in [6.07, 6.45) is 0.740. The predicted octanol–water partition coefficient (Wildman–Crippen LogP) is 3.70. The molecule has 2 aromatic rings. The van der Waals surface area contributed by atoms with E-state index >= 15 is 0 Å². The molecule has 0 radical (unpaired) electrons. The van der Waals surface area contributed by atoms with Crippen molar-refractivity contribution in [2.45, 2.75) is 17.4 Å². The number of carbonyl (C=O) groups excluding carboxylic acids is 2. The van der Waals surface area contributed by atoms with Crippen molar-refractivity contribution in [3.8, 4) is 0 Å². The molecule has 2 amide bonds. The number of fused-ring (bicyclic) bond motifs is 1. The molecule has 2 N–H and O–H groups in total. The van der Waals surface area contributed by atoms with Gasteiger partial charge in [-0.2, -0.15) is 0 Å². The van der Waals surface area contributed by atoms with E-state index < -0.39 is 23.4 Å². The van der Waals surface area contributed by atoms with Gasteiger partial charge in [0.2, 0.25) is 5.91 Å². The summed E-state index contributed by atoms with van der Waals surface area (Å²) in [4.78, 5) is 25.2. The standard InChI is InChI=1S/C18H15ClF2N2O2S/c19-10-1-4-16-13(7-10)15(5-6-26-16)23-17(24)9-22-18(25)12-3-2-11(20)8-14(12)21/h1-4,7-8,15H,5-6,9H2,(H,22,25)(H,23,24)/t15-/m0/s1. The van der Waals surface area contributed by atoms with Crippen LogP contribution in [0.5, 0.6) is 0 Å². The van der Waals surface area contributed by atoms with Crippen LogP contribution in [-0.4, -0.2) is 24.1 Å². The number of hydrogen-bond acceptors (Lipinski definition) is 3. The number of hydrogen-bond donors (Lipinski definition) is 2. The molecule has 0 spiro atoms. The molecule has 1 heterocycles. The first-order chi connectivity index (χ1) is 12.4. The molecule has 0 bridgehead atoms. The second kappa shape index (κ2) is 8.05. The van der Waals surface area contributed by atoms with Crippen molar-refractivity contribution in [2.75, 3.05) is 12.3 Å². The monoisotopic (exact) mass is 396 g/mol. The lowest BCUT2D eigenvalue weighted by Crippen LogP contribution is -2.39. The van der Waals surface area contributed by atoms with Crippen molar-refractivity contribution in [1.82, 2.24) is 10.6 Å². The van der Waals surface area contributed by atoms with Crippen molar-refractivity contribution in [1.29, 1.82) is 0 Å². The van der Waals surface area contributed by atoms with Crippen LogP contribution in [0.25, 0.3) is 0 Å². The molecule has 0 aliphatic carbocycles. The zero-order valence-electron chi connectivity index (χ0n) is 13.5. The molecule has 8 heteroatoms. The molecule has 26 heavy (non-hydrogen) atoms. The maximum Gasteiger partial charge on any atom is 0.254 e. The summed E-state index contributed by atoms with van der Waals surface area (Å²) in [7, 11) is 0. The van der Waals surface area contributed by atoms with Gasteiger partial charge in [-0.25, -0.2) is 8.78 Å². The lowest BCUT2D eigenvalue weighted by atomic mass is 10.0. The highest BCUT2D eigenvalue weighted by Crippen LogP contribution is 2.37. The fourth-order valence-electron chi connectivity index (χ4n) is 2.69. The lowest BCUT2D eigenvalue weighted by molar-refractivity contribution is -0.120. The minimum atomic E-state index is -0.976. The SMILES string of the molecule is O=C(CNC(=O)c1ccc(F)cc1F)N[C@H]1CCSc2ccc(Cl)cc21. The molecule has 0 saturated heterocycles. The summed E-state index contributed by atoms with van der Waals surface area (Å²) in [5, 5.41) is 5.78. The Bertz CT molecular complexity index is 863. The Morgan fingerprint density at radius 2 is 2.00 bits per heavy atom. The third kappa shape index (κ3) is 4.34. The quantitative estimate of drug-likeness (QED) is 0.828. The van der Waals surface area contributed by atoms with E-state index in [0.717, 1.165) is 34.8 Å². The van der Waals surface area contributed by atoms with Crippen LogP contribution >= 0.6 is 23.4 Å². The van der Waals surface area contributed by atoms with E-state index in [9.17, 15) is 18.4 Å². The Balaban J connectivity index is 1.60. The van der Waals surface area contributed by atoms with E-state index in [0.29, 0.717) is 11.1 Å². The summed E-state index contributed by atoms with van der Waals surface area (Å²) in [6, 6.07) is 7.98. The summed E-state index contributed by atoms with van der Waals surface area (Å²) in [6.45, 7) is -0.310. The first-order valence-corrected chi connectivity index (χ1v) is 9.25. The van der Waals surface area contributed by atoms with Gasteiger partial charge in [-0.15, -0.1) is 11.8 Å². The second-order valence-corrected chi connectivity index (χ2v) is 7.32. The Morgan fingerprint density at radius 1 is 1.19 bits per heavy atom. The van der Waals surface area contributed by atoms with Gasteiger partial charge in [-0.05, 0) is 42.3 Å². The highest BCUT2D eigenvalue weighted by atomic mass is 35.5. The van der Waals surface area contributed by atoms with Crippen molar-refractivity contribution in [2.24, 2.45) is 0 Å². The Labute approximate surface area is 158 Å². The van der Waals surface area contributed by atoms with Crippen molar-refractivity contribution >= 4 is 35.2 Å². The third-order valence-electron chi connectivity index (χ3n) is 3.93. The maximum absolute atomic E-state index is 13.6. The van der Waals surface area contributed by atoms with Crippen LogP contribution in [0.1, 0.15) is 28.4 Å². The number of amides is 2. The molecule has 0 fully saturated rings. The second-order valence-electron chi connectivity index (χ2n) is 5.75. The fourth-order valence-corrected chi connectivity index (χ4v) is 3.98. The van der Waals surface area contributed by atoms with Crippen LogP contribution in [0.15, 0.2) is 41.3 Å². The highest BCUT2D eigenvalue weighted by molar-refractivity contribution is 7.99. The van der Waals surface area contributed by atoms with Crippen LogP contribution in [0.4, 0.5) is 8.78 Å². The van der Waals surface area contributed by atoms with Gasteiger partial charge in [-0.3, -0.25) is 9.59 Å². The molecule has 0 saturated carbocycles. The maximum atomic E-state index is 13.6. The van der Waals surface area contributed by atoms with Crippen LogP contribution in [0, 0.1) is 11.6 Å². The van der Waals surface area contributed by atoms with Gasteiger partial charge >= 0.3 is 0 Å². The Kier molecular flexibility index (Phi) is 5.78. The average molecular weight is 397 g/mol. The number of nitrogens with one attached hydrogen (secondary N) is 2. The molecular weight excluding hydrogens is 382 g/mol. The van der Waals surface area contributed by atoms with E-state index in [1.807, 2.05) is 12.1 Å². The molecular formula is C18H15ClF2N2O2S. The van der Waals surface area contributed by atoms with Crippen LogP contribution in [0.2, 0.25) is 5.02 Å². The summed E-state index contributed by atoms with van der Waals surface area (Å²) < 4.78 is 26.5. The van der Waals surface area contributed by atoms with E-state index in [1.54, 1.807) is 17.8 Å². The minimum Gasteiger partial charge on any atom is -0.348 e. The van der Waals surface area contributed by atoms with Gasteiger partial charge < -0.3 is 10.6 Å². The first kappa shape index (κ1) is 18.7. The molecule has 1 aliphatic rings. The first-order valence-electron chi connectivity index (χ1n) is 7.89. The number of thioether (sulfide) groups is 1. The number of halogens is 3. The van der Waals surface area contributed by atoms with Gasteiger partial charge in [0.25, 0.3) is 5.91 Å². The molecule has 1 aliphatic heterocycles. The predicted molar refractivity (Wildman–Crippen MR) is 96.4 cm³/mol. The Morgan fingerprint density at radius 3 is 2.77 bits per heavy atom.